The molecule has 2 rings (SSSR count). The van der Waals surface area contributed by atoms with Gasteiger partial charge in [-0.25, -0.2) is 0 Å². The summed E-state index contributed by atoms with van der Waals surface area (Å²) in [4.78, 5) is 12.0. The fourth-order valence-corrected chi connectivity index (χ4v) is 1.98. The molecule has 0 unspecified atom stereocenters. The molecule has 92 valence electrons. The summed E-state index contributed by atoms with van der Waals surface area (Å²) in [7, 11) is 0. The summed E-state index contributed by atoms with van der Waals surface area (Å²) in [5.41, 5.74) is 8.39. The van der Waals surface area contributed by atoms with Crippen LogP contribution < -0.4 is 11.1 Å². The van der Waals surface area contributed by atoms with Crippen LogP contribution in [-0.4, -0.2) is 5.91 Å². The zero-order chi connectivity index (χ0) is 13.1. The summed E-state index contributed by atoms with van der Waals surface area (Å²) in [6.45, 7) is 1.89. The van der Waals surface area contributed by atoms with Crippen LogP contribution in [0, 0.1) is 6.92 Å². The van der Waals surface area contributed by atoms with E-state index in [1.54, 1.807) is 42.5 Å². The molecule has 3 nitrogen and oxygen atoms in total. The molecule has 4 heteroatoms. The van der Waals surface area contributed by atoms with Crippen molar-refractivity contribution < 1.29 is 4.79 Å². The van der Waals surface area contributed by atoms with Gasteiger partial charge in [0.1, 0.15) is 0 Å². The zero-order valence-corrected chi connectivity index (χ0v) is 10.7. The topological polar surface area (TPSA) is 55.1 Å². The molecule has 0 fully saturated rings. The van der Waals surface area contributed by atoms with Crippen LogP contribution in [0.3, 0.4) is 0 Å². The number of carbonyl (C=O) groups is 1. The van der Waals surface area contributed by atoms with Crippen molar-refractivity contribution in [1.29, 1.82) is 0 Å². The van der Waals surface area contributed by atoms with Gasteiger partial charge in [-0.1, -0.05) is 17.7 Å². The van der Waals surface area contributed by atoms with Gasteiger partial charge in [0.05, 0.1) is 0 Å². The maximum Gasteiger partial charge on any atom is 0.255 e. The molecule has 0 radical (unpaired) electrons. The number of nitrogens with one attached hydrogen (secondary N) is 1. The second kappa shape index (κ2) is 5.10. The molecule has 2 aromatic rings. The monoisotopic (exact) mass is 260 g/mol. The van der Waals surface area contributed by atoms with E-state index in [4.69, 9.17) is 17.3 Å². The van der Waals surface area contributed by atoms with Gasteiger partial charge in [0.25, 0.3) is 5.91 Å². The molecule has 18 heavy (non-hydrogen) atoms. The smallest absolute Gasteiger partial charge is 0.255 e. The minimum Gasteiger partial charge on any atom is -0.399 e. The Morgan fingerprint density at radius 1 is 1.22 bits per heavy atom. The molecule has 0 spiro atoms. The maximum atomic E-state index is 12.0. The van der Waals surface area contributed by atoms with Gasteiger partial charge in [0.15, 0.2) is 0 Å². The van der Waals surface area contributed by atoms with E-state index in [1.807, 2.05) is 6.92 Å². The zero-order valence-electron chi connectivity index (χ0n) is 9.91. The van der Waals surface area contributed by atoms with Gasteiger partial charge in [-0.2, -0.15) is 0 Å². The van der Waals surface area contributed by atoms with Gasteiger partial charge in [0, 0.05) is 22.0 Å². The fraction of sp³-hybridized carbons (Fsp3) is 0.0714. The van der Waals surface area contributed by atoms with Crippen LogP contribution in [0.4, 0.5) is 11.4 Å². The molecule has 0 aliphatic carbocycles. The van der Waals surface area contributed by atoms with Gasteiger partial charge in [-0.3, -0.25) is 4.79 Å². The summed E-state index contributed by atoms with van der Waals surface area (Å²) >= 11 is 5.92. The molecule has 0 saturated heterocycles. The van der Waals surface area contributed by atoms with Crippen LogP contribution in [0.15, 0.2) is 42.5 Å². The molecule has 0 aromatic heterocycles. The van der Waals surface area contributed by atoms with Crippen LogP contribution in [0.1, 0.15) is 15.9 Å². The Bertz CT molecular complexity index is 576. The lowest BCUT2D eigenvalue weighted by molar-refractivity contribution is 0.102. The van der Waals surface area contributed by atoms with E-state index in [2.05, 4.69) is 5.32 Å². The van der Waals surface area contributed by atoms with E-state index in [0.29, 0.717) is 22.0 Å². The number of amides is 1. The Morgan fingerprint density at radius 3 is 2.67 bits per heavy atom. The van der Waals surface area contributed by atoms with Crippen molar-refractivity contribution in [2.45, 2.75) is 6.92 Å². The molecule has 0 heterocycles. The van der Waals surface area contributed by atoms with Crippen molar-refractivity contribution in [1.82, 2.24) is 0 Å². The Morgan fingerprint density at radius 2 is 2.00 bits per heavy atom. The van der Waals surface area contributed by atoms with Crippen LogP contribution in [0.5, 0.6) is 0 Å². The van der Waals surface area contributed by atoms with Crippen LogP contribution >= 0.6 is 11.6 Å². The third kappa shape index (κ3) is 3.02. The number of hydrogen-bond acceptors (Lipinski definition) is 2. The van der Waals surface area contributed by atoms with Crippen LogP contribution in [-0.2, 0) is 0 Å². The highest BCUT2D eigenvalue weighted by Crippen LogP contribution is 2.17. The van der Waals surface area contributed by atoms with E-state index in [1.165, 1.54) is 0 Å². The van der Waals surface area contributed by atoms with Crippen LogP contribution in [0.25, 0.3) is 0 Å². The molecule has 0 bridgehead atoms. The second-order valence-electron chi connectivity index (χ2n) is 4.10. The van der Waals surface area contributed by atoms with Crippen molar-refractivity contribution in [2.24, 2.45) is 0 Å². The van der Waals surface area contributed by atoms with E-state index in [9.17, 15) is 4.79 Å². The molecule has 0 aliphatic heterocycles. The number of anilines is 2. The van der Waals surface area contributed by atoms with Crippen molar-refractivity contribution in [3.63, 3.8) is 0 Å². The summed E-state index contributed by atoms with van der Waals surface area (Å²) in [5, 5.41) is 3.32. The number of hydrogen-bond donors (Lipinski definition) is 2. The average Bonchev–Trinajstić information content (AvgIpc) is 2.27. The number of halogens is 1. The largest absolute Gasteiger partial charge is 0.399 e. The van der Waals surface area contributed by atoms with E-state index < -0.39 is 0 Å². The van der Waals surface area contributed by atoms with Crippen LogP contribution in [0.2, 0.25) is 5.02 Å². The summed E-state index contributed by atoms with van der Waals surface area (Å²) in [5.74, 6) is -0.203. The predicted molar refractivity (Wildman–Crippen MR) is 75.0 cm³/mol. The van der Waals surface area contributed by atoms with Crippen molar-refractivity contribution in [2.75, 3.05) is 11.1 Å². The predicted octanol–water partition coefficient (Wildman–Crippen LogP) is 3.48. The Hall–Kier alpha value is -2.00. The highest BCUT2D eigenvalue weighted by molar-refractivity contribution is 6.31. The molecule has 1 amide bonds. The molecular formula is C14H13ClN2O. The Kier molecular flexibility index (Phi) is 3.53. The lowest BCUT2D eigenvalue weighted by atomic mass is 10.1. The van der Waals surface area contributed by atoms with Gasteiger partial charge in [-0.15, -0.1) is 0 Å². The number of nitrogen functional groups attached to an aromatic ring is 1. The first-order chi connectivity index (χ1) is 8.54. The summed E-state index contributed by atoms with van der Waals surface area (Å²) < 4.78 is 0. The third-order valence-electron chi connectivity index (χ3n) is 2.45. The SMILES string of the molecule is Cc1cc(Cl)cc(C(=O)Nc2cccc(N)c2)c1. The number of rotatable bonds is 2. The normalized spacial score (nSPS) is 10.1. The minimum absolute atomic E-state index is 0.203. The lowest BCUT2D eigenvalue weighted by Crippen LogP contribution is -2.12. The number of benzene rings is 2. The molecule has 0 aliphatic rings. The first-order valence-electron chi connectivity index (χ1n) is 5.49. The third-order valence-corrected chi connectivity index (χ3v) is 2.67. The molecule has 0 atom stereocenters. The van der Waals surface area contributed by atoms with Gasteiger partial charge in [-0.05, 0) is 48.9 Å². The number of carbonyl (C=O) groups excluding carboxylic acids is 1. The van der Waals surface area contributed by atoms with Crippen molar-refractivity contribution in [3.05, 3.63) is 58.6 Å². The second-order valence-corrected chi connectivity index (χ2v) is 4.53. The number of nitrogens with two attached hydrogens (primary N) is 1. The molecular weight excluding hydrogens is 248 g/mol. The van der Waals surface area contributed by atoms with Gasteiger partial charge < -0.3 is 11.1 Å². The van der Waals surface area contributed by atoms with E-state index >= 15 is 0 Å². The van der Waals surface area contributed by atoms with Crippen molar-refractivity contribution in [3.8, 4) is 0 Å². The van der Waals surface area contributed by atoms with E-state index in [0.717, 1.165) is 5.56 Å². The van der Waals surface area contributed by atoms with E-state index in [-0.39, 0.29) is 5.91 Å². The van der Waals surface area contributed by atoms with Gasteiger partial charge >= 0.3 is 0 Å². The summed E-state index contributed by atoms with van der Waals surface area (Å²) in [6.07, 6.45) is 0. The van der Waals surface area contributed by atoms with Gasteiger partial charge in [0.2, 0.25) is 0 Å². The first kappa shape index (κ1) is 12.5. The number of aryl methyl sites for hydroxylation is 1. The quantitative estimate of drug-likeness (QED) is 0.812. The Balaban J connectivity index is 2.22. The summed E-state index contributed by atoms with van der Waals surface area (Å²) in [6, 6.07) is 12.3. The minimum atomic E-state index is -0.203. The molecule has 2 aromatic carbocycles. The first-order valence-corrected chi connectivity index (χ1v) is 5.86. The van der Waals surface area contributed by atoms with Crippen molar-refractivity contribution >= 4 is 28.9 Å². The molecule has 0 saturated carbocycles. The Labute approximate surface area is 111 Å². The standard InChI is InChI=1S/C14H13ClN2O/c1-9-5-10(7-11(15)6-9)14(18)17-13-4-2-3-12(16)8-13/h2-8H,16H2,1H3,(H,17,18). The lowest BCUT2D eigenvalue weighted by Gasteiger charge is -2.07. The average molecular weight is 261 g/mol. The highest BCUT2D eigenvalue weighted by atomic mass is 35.5. The fourth-order valence-electron chi connectivity index (χ4n) is 1.69. The maximum absolute atomic E-state index is 12.0. The molecule has 3 N–H and O–H groups in total. The highest BCUT2D eigenvalue weighted by Gasteiger charge is 2.07.